The molecule has 0 aliphatic carbocycles. The van der Waals surface area contributed by atoms with Gasteiger partial charge in [-0.1, -0.05) is 0 Å². The molecule has 0 saturated carbocycles. The zero-order chi connectivity index (χ0) is 10.5. The van der Waals surface area contributed by atoms with Crippen molar-refractivity contribution >= 4 is 29.5 Å². The van der Waals surface area contributed by atoms with Crippen molar-refractivity contribution in [2.24, 2.45) is 0 Å². The zero-order valence-corrected chi connectivity index (χ0v) is 10.5. The van der Waals surface area contributed by atoms with Gasteiger partial charge in [0, 0.05) is 17.6 Å². The molecule has 6 heteroatoms. The lowest BCUT2D eigenvalue weighted by atomic mass is 10.2. The van der Waals surface area contributed by atoms with Gasteiger partial charge in [0.15, 0.2) is 5.01 Å². The fourth-order valence-corrected chi connectivity index (χ4v) is 2.18. The molecule has 2 heterocycles. The first-order valence-electron chi connectivity index (χ1n) is 5.10. The molecule has 1 saturated heterocycles. The largest absolute Gasteiger partial charge is 0.372 e. The molecule has 1 aliphatic rings. The number of hydrogen-bond acceptors (Lipinski definition) is 5. The van der Waals surface area contributed by atoms with Crippen LogP contribution in [0.15, 0.2) is 11.6 Å². The van der Waals surface area contributed by atoms with E-state index in [2.05, 4.69) is 10.3 Å². The minimum absolute atomic E-state index is 0. The second-order valence-corrected chi connectivity index (χ2v) is 4.46. The second-order valence-electron chi connectivity index (χ2n) is 3.57. The molecule has 0 aromatic carbocycles. The number of thiazole rings is 1. The highest BCUT2D eigenvalue weighted by atomic mass is 35.5. The van der Waals surface area contributed by atoms with Gasteiger partial charge in [0.25, 0.3) is 0 Å². The number of ether oxygens (including phenoxy) is 1. The van der Waals surface area contributed by atoms with Crippen LogP contribution in [0.5, 0.6) is 0 Å². The first kappa shape index (κ1) is 13.6. The Bertz CT molecular complexity index is 313. The van der Waals surface area contributed by atoms with E-state index in [1.54, 1.807) is 11.6 Å². The number of carbonyl (C=O) groups excluding carboxylic acids is 1. The van der Waals surface area contributed by atoms with Crippen LogP contribution in [0.1, 0.15) is 22.6 Å². The van der Waals surface area contributed by atoms with Crippen molar-refractivity contribution in [1.29, 1.82) is 0 Å². The monoisotopic (exact) mass is 262 g/mol. The van der Waals surface area contributed by atoms with Crippen molar-refractivity contribution in [3.63, 3.8) is 0 Å². The maximum Gasteiger partial charge on any atom is 0.216 e. The van der Waals surface area contributed by atoms with E-state index in [9.17, 15) is 4.79 Å². The third kappa shape index (κ3) is 3.83. The van der Waals surface area contributed by atoms with Crippen LogP contribution in [-0.2, 0) is 4.74 Å². The molecule has 1 atom stereocenters. The molecular weight excluding hydrogens is 248 g/mol. The summed E-state index contributed by atoms with van der Waals surface area (Å²) in [7, 11) is 0. The number of nitrogens with zero attached hydrogens (tertiary/aromatic N) is 1. The molecule has 1 aliphatic heterocycles. The lowest BCUT2D eigenvalue weighted by molar-refractivity contribution is 0.0723. The van der Waals surface area contributed by atoms with Crippen molar-refractivity contribution in [3.8, 4) is 0 Å². The lowest BCUT2D eigenvalue weighted by Crippen LogP contribution is -2.27. The Balaban J connectivity index is 0.00000128. The number of nitrogens with one attached hydrogen (secondary N) is 1. The van der Waals surface area contributed by atoms with E-state index in [4.69, 9.17) is 4.74 Å². The van der Waals surface area contributed by atoms with Crippen LogP contribution < -0.4 is 5.32 Å². The van der Waals surface area contributed by atoms with Gasteiger partial charge in [-0.05, 0) is 19.4 Å². The molecule has 0 amide bonds. The molecular formula is C10H15ClN2O2S. The van der Waals surface area contributed by atoms with Crippen molar-refractivity contribution < 1.29 is 9.53 Å². The average molecular weight is 263 g/mol. The summed E-state index contributed by atoms with van der Waals surface area (Å²) in [6.45, 7) is 1.83. The molecule has 4 nitrogen and oxygen atoms in total. The van der Waals surface area contributed by atoms with Crippen molar-refractivity contribution in [2.75, 3.05) is 19.8 Å². The predicted molar refractivity (Wildman–Crippen MR) is 65.5 cm³/mol. The molecule has 16 heavy (non-hydrogen) atoms. The minimum Gasteiger partial charge on any atom is -0.372 e. The first-order chi connectivity index (χ1) is 7.36. The Morgan fingerprint density at radius 2 is 2.56 bits per heavy atom. The lowest BCUT2D eigenvalue weighted by Gasteiger charge is -2.09. The van der Waals surface area contributed by atoms with E-state index in [1.165, 1.54) is 17.8 Å². The SMILES string of the molecule is Cl.O=C(COCC1CCCN1)c1nccs1. The van der Waals surface area contributed by atoms with E-state index in [0.717, 1.165) is 13.0 Å². The van der Waals surface area contributed by atoms with Gasteiger partial charge in [0.1, 0.15) is 6.61 Å². The Morgan fingerprint density at radius 1 is 1.69 bits per heavy atom. The van der Waals surface area contributed by atoms with Crippen LogP contribution in [0.3, 0.4) is 0 Å². The van der Waals surface area contributed by atoms with Gasteiger partial charge in [-0.3, -0.25) is 4.79 Å². The number of carbonyl (C=O) groups is 1. The highest BCUT2D eigenvalue weighted by Gasteiger charge is 2.15. The summed E-state index contributed by atoms with van der Waals surface area (Å²) in [5, 5.41) is 5.65. The third-order valence-corrected chi connectivity index (χ3v) is 3.20. The summed E-state index contributed by atoms with van der Waals surface area (Å²) < 4.78 is 5.36. The van der Waals surface area contributed by atoms with Crippen LogP contribution in [-0.4, -0.2) is 36.6 Å². The Kier molecular flexibility index (Phi) is 5.90. The first-order valence-corrected chi connectivity index (χ1v) is 5.98. The fourth-order valence-electron chi connectivity index (χ4n) is 1.62. The fraction of sp³-hybridized carbons (Fsp3) is 0.600. The van der Waals surface area contributed by atoms with Crippen LogP contribution >= 0.6 is 23.7 Å². The molecule has 1 N–H and O–H groups in total. The summed E-state index contributed by atoms with van der Waals surface area (Å²) in [6, 6.07) is 0.425. The molecule has 1 aromatic rings. The van der Waals surface area contributed by atoms with E-state index in [0.29, 0.717) is 17.7 Å². The molecule has 0 bridgehead atoms. The number of aromatic nitrogens is 1. The number of ketones is 1. The summed E-state index contributed by atoms with van der Waals surface area (Å²) in [4.78, 5) is 15.4. The Morgan fingerprint density at radius 3 is 3.19 bits per heavy atom. The van der Waals surface area contributed by atoms with Crippen molar-refractivity contribution in [3.05, 3.63) is 16.6 Å². The van der Waals surface area contributed by atoms with Gasteiger partial charge in [0.05, 0.1) is 6.61 Å². The van der Waals surface area contributed by atoms with Gasteiger partial charge in [-0.15, -0.1) is 23.7 Å². The normalized spacial score (nSPS) is 19.4. The molecule has 1 fully saturated rings. The van der Waals surface area contributed by atoms with Crippen molar-refractivity contribution in [1.82, 2.24) is 10.3 Å². The number of Topliss-reactive ketones (excluding diaryl/α,β-unsaturated/α-hetero) is 1. The van der Waals surface area contributed by atoms with E-state index in [-0.39, 0.29) is 24.8 Å². The summed E-state index contributed by atoms with van der Waals surface area (Å²) in [5.74, 6) is -0.0250. The minimum atomic E-state index is -0.0250. The third-order valence-electron chi connectivity index (χ3n) is 2.39. The van der Waals surface area contributed by atoms with Crippen LogP contribution in [0.25, 0.3) is 0 Å². The highest BCUT2D eigenvalue weighted by molar-refractivity contribution is 7.11. The number of hydrogen-bond donors (Lipinski definition) is 1. The second kappa shape index (κ2) is 6.96. The van der Waals surface area contributed by atoms with E-state index in [1.807, 2.05) is 0 Å². The quantitative estimate of drug-likeness (QED) is 0.818. The predicted octanol–water partition coefficient (Wildman–Crippen LogP) is 1.52. The molecule has 2 rings (SSSR count). The summed E-state index contributed by atoms with van der Waals surface area (Å²) in [5.41, 5.74) is 0. The maximum atomic E-state index is 11.5. The smallest absolute Gasteiger partial charge is 0.216 e. The molecule has 0 radical (unpaired) electrons. The van der Waals surface area contributed by atoms with Gasteiger partial charge in [-0.25, -0.2) is 4.98 Å². The summed E-state index contributed by atoms with van der Waals surface area (Å²) >= 11 is 1.36. The number of halogens is 1. The summed E-state index contributed by atoms with van der Waals surface area (Å²) in [6.07, 6.45) is 3.98. The zero-order valence-electron chi connectivity index (χ0n) is 8.85. The number of rotatable bonds is 5. The van der Waals surface area contributed by atoms with Crippen LogP contribution in [0, 0.1) is 0 Å². The Hall–Kier alpha value is -0.490. The average Bonchev–Trinajstić information content (AvgIpc) is 2.90. The van der Waals surface area contributed by atoms with Gasteiger partial charge < -0.3 is 10.1 Å². The molecule has 1 unspecified atom stereocenters. The van der Waals surface area contributed by atoms with Gasteiger partial charge in [0.2, 0.25) is 5.78 Å². The highest BCUT2D eigenvalue weighted by Crippen LogP contribution is 2.07. The van der Waals surface area contributed by atoms with Gasteiger partial charge >= 0.3 is 0 Å². The van der Waals surface area contributed by atoms with E-state index >= 15 is 0 Å². The maximum absolute atomic E-state index is 11.5. The standard InChI is InChI=1S/C10H14N2O2S.ClH/c13-9(10-12-4-5-15-10)7-14-6-8-2-1-3-11-8;/h4-5,8,11H,1-3,6-7H2;1H. The van der Waals surface area contributed by atoms with Gasteiger partial charge in [-0.2, -0.15) is 0 Å². The van der Waals surface area contributed by atoms with Crippen LogP contribution in [0.2, 0.25) is 0 Å². The topological polar surface area (TPSA) is 51.2 Å². The molecule has 90 valence electrons. The van der Waals surface area contributed by atoms with Crippen molar-refractivity contribution in [2.45, 2.75) is 18.9 Å². The molecule has 0 spiro atoms. The Labute approximate surface area is 105 Å². The molecule has 1 aromatic heterocycles. The van der Waals surface area contributed by atoms with Crippen LogP contribution in [0.4, 0.5) is 0 Å². The van der Waals surface area contributed by atoms with E-state index < -0.39 is 0 Å².